The first kappa shape index (κ1) is 27.8. The van der Waals surface area contributed by atoms with Crippen LogP contribution in [0.2, 0.25) is 0 Å². The van der Waals surface area contributed by atoms with Gasteiger partial charge in [0, 0.05) is 18.6 Å². The summed E-state index contributed by atoms with van der Waals surface area (Å²) >= 11 is 0. The Morgan fingerprint density at radius 3 is 1.88 bits per heavy atom. The third kappa shape index (κ3) is 4.87. The molecule has 0 saturated carbocycles. The molecule has 1 aliphatic rings. The van der Waals surface area contributed by atoms with Crippen LogP contribution in [-0.2, 0) is 4.74 Å². The lowest BCUT2D eigenvalue weighted by Crippen LogP contribution is -2.12. The van der Waals surface area contributed by atoms with Crippen LogP contribution in [0, 0.1) is 0 Å². The highest BCUT2D eigenvalue weighted by molar-refractivity contribution is 6.22. The fraction of sp³-hybridized carbons (Fsp3) is 0.0238. The summed E-state index contributed by atoms with van der Waals surface area (Å²) in [6.45, 7) is 0. The van der Waals surface area contributed by atoms with Gasteiger partial charge in [0.2, 0.25) is 12.1 Å². The Labute approximate surface area is 277 Å². The Morgan fingerprint density at radius 1 is 0.500 bits per heavy atom. The van der Waals surface area contributed by atoms with Crippen LogP contribution in [0.4, 0.5) is 0 Å². The molecule has 1 unspecified atom stereocenters. The molecular weight excluding hydrogens is 592 g/mol. The van der Waals surface area contributed by atoms with Crippen LogP contribution in [0.1, 0.15) is 11.9 Å². The molecule has 0 amide bonds. The lowest BCUT2D eigenvalue weighted by Gasteiger charge is -2.19. The summed E-state index contributed by atoms with van der Waals surface area (Å²) in [6, 6.07) is 43.0. The Morgan fingerprint density at radius 2 is 1.15 bits per heavy atom. The zero-order valence-corrected chi connectivity index (χ0v) is 25.7. The van der Waals surface area contributed by atoms with Crippen molar-refractivity contribution in [3.63, 3.8) is 0 Å². The summed E-state index contributed by atoms with van der Waals surface area (Å²) in [4.78, 5) is 13.6. The molecule has 6 heteroatoms. The van der Waals surface area contributed by atoms with Gasteiger partial charge in [-0.25, -0.2) is 4.98 Å². The van der Waals surface area contributed by atoms with Gasteiger partial charge in [0.25, 0.3) is 0 Å². The molecule has 0 saturated heterocycles. The normalized spacial score (nSPS) is 13.9. The standard InChI is InChI=1S/C42H28N4O2/c1-2-6-27(7-3-1)28-10-12-29(13-11-28)30-14-15-35-36(24-30)40(32-17-19-44-38(26-32)42-46-21-23-48-42)34-9-5-4-8-33(34)39(35)31-16-18-43-37(25-31)41-45-20-22-47-41/h1-26,42,46H. The van der Waals surface area contributed by atoms with Gasteiger partial charge >= 0.3 is 0 Å². The summed E-state index contributed by atoms with van der Waals surface area (Å²) in [7, 11) is 0. The molecule has 1 N–H and O–H groups in total. The number of fused-ring (bicyclic) bond motifs is 2. The molecule has 4 heterocycles. The van der Waals surface area contributed by atoms with E-state index < -0.39 is 0 Å². The molecule has 0 fully saturated rings. The number of nitrogens with zero attached hydrogens (tertiary/aromatic N) is 3. The van der Waals surface area contributed by atoms with Crippen molar-refractivity contribution in [3.05, 3.63) is 164 Å². The summed E-state index contributed by atoms with van der Waals surface area (Å²) in [5.74, 6) is 0.491. The SMILES string of the molecule is C1=COC(c2cc(-c3c4ccccc4c(-c4ccnc(-c5ncco5)c4)c4ccc(-c5ccc(-c6ccccc6)cc5)cc34)ccn2)N1. The van der Waals surface area contributed by atoms with Crippen LogP contribution >= 0.6 is 0 Å². The molecule has 0 aliphatic carbocycles. The van der Waals surface area contributed by atoms with Gasteiger partial charge in [-0.2, -0.15) is 0 Å². The second kappa shape index (κ2) is 11.7. The second-order valence-corrected chi connectivity index (χ2v) is 11.7. The molecule has 3 aromatic heterocycles. The Kier molecular flexibility index (Phi) is 6.75. The van der Waals surface area contributed by atoms with Crippen molar-refractivity contribution in [1.82, 2.24) is 20.3 Å². The van der Waals surface area contributed by atoms with E-state index in [4.69, 9.17) is 9.15 Å². The molecule has 0 bridgehead atoms. The topological polar surface area (TPSA) is 73.1 Å². The predicted octanol–water partition coefficient (Wildman–Crippen LogP) is 10.2. The van der Waals surface area contributed by atoms with Gasteiger partial charge in [-0.15, -0.1) is 0 Å². The average Bonchev–Trinajstić information content (AvgIpc) is 3.90. The molecule has 8 aromatic rings. The fourth-order valence-electron chi connectivity index (χ4n) is 6.70. The third-order valence-electron chi connectivity index (χ3n) is 8.92. The predicted molar refractivity (Wildman–Crippen MR) is 190 cm³/mol. The molecule has 5 aromatic carbocycles. The average molecular weight is 621 g/mol. The lowest BCUT2D eigenvalue weighted by molar-refractivity contribution is 0.150. The minimum atomic E-state index is -0.328. The summed E-state index contributed by atoms with van der Waals surface area (Å²) < 4.78 is 11.4. The van der Waals surface area contributed by atoms with Crippen LogP contribution in [-0.4, -0.2) is 15.0 Å². The van der Waals surface area contributed by atoms with E-state index in [9.17, 15) is 0 Å². The van der Waals surface area contributed by atoms with Crippen LogP contribution in [0.25, 0.3) is 77.6 Å². The minimum Gasteiger partial charge on any atom is -0.471 e. The number of ether oxygens (including phenoxy) is 1. The first-order valence-electron chi connectivity index (χ1n) is 15.8. The molecule has 9 rings (SSSR count). The number of nitrogens with one attached hydrogen (secondary N) is 1. The van der Waals surface area contributed by atoms with Crippen molar-refractivity contribution in [1.29, 1.82) is 0 Å². The minimum absolute atomic E-state index is 0.328. The van der Waals surface area contributed by atoms with E-state index >= 15 is 0 Å². The molecule has 0 radical (unpaired) electrons. The van der Waals surface area contributed by atoms with Crippen molar-refractivity contribution in [2.45, 2.75) is 6.23 Å². The highest BCUT2D eigenvalue weighted by Gasteiger charge is 2.21. The number of pyridine rings is 2. The van der Waals surface area contributed by atoms with Crippen LogP contribution < -0.4 is 5.32 Å². The maximum absolute atomic E-state index is 5.77. The molecule has 6 nitrogen and oxygen atoms in total. The highest BCUT2D eigenvalue weighted by atomic mass is 16.5. The van der Waals surface area contributed by atoms with Gasteiger partial charge in [-0.05, 0) is 96.4 Å². The van der Waals surface area contributed by atoms with Crippen molar-refractivity contribution >= 4 is 21.5 Å². The summed E-state index contributed by atoms with van der Waals surface area (Å²) in [5, 5.41) is 7.79. The number of rotatable bonds is 6. The summed E-state index contributed by atoms with van der Waals surface area (Å²) in [6.07, 6.45) is 10.0. The number of oxazole rings is 1. The second-order valence-electron chi connectivity index (χ2n) is 11.7. The van der Waals surface area contributed by atoms with Gasteiger partial charge in [0.1, 0.15) is 23.9 Å². The molecule has 1 atom stereocenters. The van der Waals surface area contributed by atoms with Crippen molar-refractivity contribution in [2.24, 2.45) is 0 Å². The van der Waals surface area contributed by atoms with E-state index in [1.807, 2.05) is 18.5 Å². The zero-order valence-electron chi connectivity index (χ0n) is 25.7. The van der Waals surface area contributed by atoms with Crippen LogP contribution in [0.5, 0.6) is 0 Å². The van der Waals surface area contributed by atoms with E-state index in [1.165, 1.54) is 11.1 Å². The van der Waals surface area contributed by atoms with Crippen molar-refractivity contribution < 1.29 is 9.15 Å². The first-order valence-corrected chi connectivity index (χ1v) is 15.8. The quantitative estimate of drug-likeness (QED) is 0.187. The molecule has 1 aliphatic heterocycles. The largest absolute Gasteiger partial charge is 0.471 e. The van der Waals surface area contributed by atoms with Crippen LogP contribution in [0.3, 0.4) is 0 Å². The fourth-order valence-corrected chi connectivity index (χ4v) is 6.70. The maximum atomic E-state index is 5.77. The monoisotopic (exact) mass is 620 g/mol. The third-order valence-corrected chi connectivity index (χ3v) is 8.92. The van der Waals surface area contributed by atoms with Crippen molar-refractivity contribution in [2.75, 3.05) is 0 Å². The van der Waals surface area contributed by atoms with E-state index in [0.29, 0.717) is 11.6 Å². The Bertz CT molecular complexity index is 2450. The lowest BCUT2D eigenvalue weighted by atomic mass is 9.85. The molecule has 48 heavy (non-hydrogen) atoms. The molecule has 228 valence electrons. The Balaban J connectivity index is 1.29. The zero-order chi connectivity index (χ0) is 31.9. The maximum Gasteiger partial charge on any atom is 0.245 e. The van der Waals surface area contributed by atoms with Gasteiger partial charge < -0.3 is 14.5 Å². The Hall–Kier alpha value is -6.53. The number of aromatic nitrogens is 3. The van der Waals surface area contributed by atoms with E-state index in [-0.39, 0.29) is 6.23 Å². The number of benzene rings is 5. The van der Waals surface area contributed by atoms with Gasteiger partial charge in [0.15, 0.2) is 0 Å². The van der Waals surface area contributed by atoms with Gasteiger partial charge in [-0.1, -0.05) is 91.0 Å². The summed E-state index contributed by atoms with van der Waals surface area (Å²) in [5.41, 5.74) is 10.6. The molecule has 0 spiro atoms. The molecular formula is C42H28N4O2. The number of hydrogen-bond donors (Lipinski definition) is 1. The van der Waals surface area contributed by atoms with E-state index in [2.05, 4.69) is 136 Å². The van der Waals surface area contributed by atoms with Crippen molar-refractivity contribution in [3.8, 4) is 56.1 Å². The smallest absolute Gasteiger partial charge is 0.245 e. The van der Waals surface area contributed by atoms with E-state index in [0.717, 1.165) is 60.6 Å². The van der Waals surface area contributed by atoms with E-state index in [1.54, 1.807) is 24.9 Å². The number of hydrogen-bond acceptors (Lipinski definition) is 6. The van der Waals surface area contributed by atoms with Crippen LogP contribution in [0.15, 0.2) is 163 Å². The van der Waals surface area contributed by atoms with Gasteiger partial charge in [-0.3, -0.25) is 9.97 Å². The van der Waals surface area contributed by atoms with Gasteiger partial charge in [0.05, 0.1) is 6.20 Å². The first-order chi connectivity index (χ1) is 23.8. The highest BCUT2D eigenvalue weighted by Crippen LogP contribution is 2.45.